The molecule has 0 aliphatic rings. The highest BCUT2D eigenvalue weighted by Gasteiger charge is 2.26. The quantitative estimate of drug-likeness (QED) is 0.776. The molecule has 0 aliphatic heterocycles. The second kappa shape index (κ2) is 5.94. The average Bonchev–Trinajstić information content (AvgIpc) is 2.47. The number of carboxylic acid groups (broad SMARTS) is 1. The minimum atomic E-state index is -3.96. The van der Waals surface area contributed by atoms with Crippen molar-refractivity contribution in [3.63, 3.8) is 0 Å². The van der Waals surface area contributed by atoms with Gasteiger partial charge in [-0.05, 0) is 29.8 Å². The van der Waals surface area contributed by atoms with Crippen molar-refractivity contribution < 1.29 is 23.4 Å². The number of carboxylic acids is 1. The summed E-state index contributed by atoms with van der Waals surface area (Å²) in [4.78, 5) is 11.3. The average molecular weight is 307 g/mol. The Labute approximate surface area is 121 Å². The van der Waals surface area contributed by atoms with Gasteiger partial charge in [0.15, 0.2) is 0 Å². The summed E-state index contributed by atoms with van der Waals surface area (Å²) in [6, 6.07) is 11.4. The molecule has 0 saturated carbocycles. The van der Waals surface area contributed by atoms with E-state index >= 15 is 0 Å². The number of nitrogens with one attached hydrogen (secondary N) is 1. The van der Waals surface area contributed by atoms with Gasteiger partial charge in [-0.25, -0.2) is 8.42 Å². The molecule has 0 aliphatic carbocycles. The molecule has 110 valence electrons. The first-order valence-electron chi connectivity index (χ1n) is 5.99. The SMILES string of the molecule is O=C(O)C(NS(=O)(=O)c1ccccc1)c1ccc(O)cc1. The lowest BCUT2D eigenvalue weighted by molar-refractivity contribution is -0.139. The van der Waals surface area contributed by atoms with Gasteiger partial charge in [-0.3, -0.25) is 4.79 Å². The van der Waals surface area contributed by atoms with Gasteiger partial charge in [0.1, 0.15) is 11.8 Å². The number of benzene rings is 2. The van der Waals surface area contributed by atoms with Crippen LogP contribution in [0.1, 0.15) is 11.6 Å². The van der Waals surface area contributed by atoms with Gasteiger partial charge in [-0.2, -0.15) is 4.72 Å². The molecule has 0 fully saturated rings. The van der Waals surface area contributed by atoms with E-state index in [-0.39, 0.29) is 16.2 Å². The fraction of sp³-hybridized carbons (Fsp3) is 0.0714. The minimum absolute atomic E-state index is 0.0185. The fourth-order valence-electron chi connectivity index (χ4n) is 1.75. The third-order valence-corrected chi connectivity index (χ3v) is 4.24. The van der Waals surface area contributed by atoms with Gasteiger partial charge < -0.3 is 10.2 Å². The number of sulfonamides is 1. The largest absolute Gasteiger partial charge is 0.508 e. The zero-order valence-electron chi connectivity index (χ0n) is 10.8. The van der Waals surface area contributed by atoms with Crippen molar-refractivity contribution in [1.29, 1.82) is 0 Å². The van der Waals surface area contributed by atoms with E-state index < -0.39 is 22.0 Å². The molecule has 0 bridgehead atoms. The third-order valence-electron chi connectivity index (χ3n) is 2.80. The fourth-order valence-corrected chi connectivity index (χ4v) is 2.95. The molecule has 3 N–H and O–H groups in total. The molecule has 2 rings (SSSR count). The van der Waals surface area contributed by atoms with Crippen LogP contribution >= 0.6 is 0 Å². The summed E-state index contributed by atoms with van der Waals surface area (Å²) in [7, 11) is -3.96. The van der Waals surface area contributed by atoms with Crippen LogP contribution in [-0.2, 0) is 14.8 Å². The normalized spacial score (nSPS) is 12.8. The highest BCUT2D eigenvalue weighted by atomic mass is 32.2. The van der Waals surface area contributed by atoms with Crippen molar-refractivity contribution in [1.82, 2.24) is 4.72 Å². The van der Waals surface area contributed by atoms with E-state index in [9.17, 15) is 23.4 Å². The van der Waals surface area contributed by atoms with Gasteiger partial charge in [-0.15, -0.1) is 0 Å². The van der Waals surface area contributed by atoms with Crippen LogP contribution in [0, 0.1) is 0 Å². The Morgan fingerprint density at radius 3 is 2.10 bits per heavy atom. The predicted molar refractivity (Wildman–Crippen MR) is 75.2 cm³/mol. The number of carbonyl (C=O) groups is 1. The van der Waals surface area contributed by atoms with Crippen molar-refractivity contribution in [3.05, 3.63) is 60.2 Å². The molecule has 0 saturated heterocycles. The van der Waals surface area contributed by atoms with Crippen molar-refractivity contribution in [2.24, 2.45) is 0 Å². The molecule has 21 heavy (non-hydrogen) atoms. The smallest absolute Gasteiger partial charge is 0.326 e. The van der Waals surface area contributed by atoms with Crippen molar-refractivity contribution in [2.75, 3.05) is 0 Å². The van der Waals surface area contributed by atoms with Crippen LogP contribution < -0.4 is 4.72 Å². The Balaban J connectivity index is 2.33. The Morgan fingerprint density at radius 1 is 1.00 bits per heavy atom. The van der Waals surface area contributed by atoms with Crippen LogP contribution in [0.15, 0.2) is 59.5 Å². The first-order chi connectivity index (χ1) is 9.90. The lowest BCUT2D eigenvalue weighted by Crippen LogP contribution is -2.33. The highest BCUT2D eigenvalue weighted by molar-refractivity contribution is 7.89. The van der Waals surface area contributed by atoms with E-state index in [2.05, 4.69) is 4.72 Å². The van der Waals surface area contributed by atoms with Crippen LogP contribution in [0.25, 0.3) is 0 Å². The van der Waals surface area contributed by atoms with Gasteiger partial charge in [-0.1, -0.05) is 30.3 Å². The zero-order valence-corrected chi connectivity index (χ0v) is 11.6. The zero-order chi connectivity index (χ0) is 15.5. The molecule has 1 atom stereocenters. The lowest BCUT2D eigenvalue weighted by atomic mass is 10.1. The number of hydrogen-bond donors (Lipinski definition) is 3. The Morgan fingerprint density at radius 2 is 1.57 bits per heavy atom. The maximum absolute atomic E-state index is 12.2. The minimum Gasteiger partial charge on any atom is -0.508 e. The molecule has 0 heterocycles. The number of rotatable bonds is 5. The molecule has 2 aromatic carbocycles. The standard InChI is InChI=1S/C14H13NO5S/c16-11-8-6-10(7-9-11)13(14(17)18)15-21(19,20)12-4-2-1-3-5-12/h1-9,13,15-16H,(H,17,18). The van der Waals surface area contributed by atoms with Gasteiger partial charge in [0, 0.05) is 0 Å². The van der Waals surface area contributed by atoms with Crippen molar-refractivity contribution in [2.45, 2.75) is 10.9 Å². The number of aromatic hydroxyl groups is 1. The monoisotopic (exact) mass is 307 g/mol. The summed E-state index contributed by atoms with van der Waals surface area (Å²) in [5, 5.41) is 18.4. The molecular formula is C14H13NO5S. The lowest BCUT2D eigenvalue weighted by Gasteiger charge is -2.15. The molecule has 7 heteroatoms. The van der Waals surface area contributed by atoms with Crippen LogP contribution in [0.3, 0.4) is 0 Å². The number of phenols is 1. The predicted octanol–water partition coefficient (Wildman–Crippen LogP) is 1.50. The molecule has 0 spiro atoms. The first kappa shape index (κ1) is 15.0. The second-order valence-corrected chi connectivity index (χ2v) is 6.01. The van der Waals surface area contributed by atoms with E-state index in [1.165, 1.54) is 36.4 Å². The Kier molecular flexibility index (Phi) is 4.25. The van der Waals surface area contributed by atoms with Gasteiger partial charge in [0.05, 0.1) is 4.90 Å². The summed E-state index contributed by atoms with van der Waals surface area (Å²) in [5.74, 6) is -1.37. The number of aliphatic carboxylic acids is 1. The van der Waals surface area contributed by atoms with E-state index in [1.54, 1.807) is 18.2 Å². The summed E-state index contributed by atoms with van der Waals surface area (Å²) in [6.45, 7) is 0. The van der Waals surface area contributed by atoms with E-state index in [1.807, 2.05) is 0 Å². The van der Waals surface area contributed by atoms with E-state index in [0.29, 0.717) is 0 Å². The van der Waals surface area contributed by atoms with Crippen LogP contribution in [0.4, 0.5) is 0 Å². The number of hydrogen-bond acceptors (Lipinski definition) is 4. The maximum Gasteiger partial charge on any atom is 0.326 e. The Hall–Kier alpha value is -2.38. The molecule has 2 aromatic rings. The second-order valence-electron chi connectivity index (χ2n) is 4.30. The third kappa shape index (κ3) is 3.59. The maximum atomic E-state index is 12.2. The van der Waals surface area contributed by atoms with E-state index in [4.69, 9.17) is 0 Å². The topological polar surface area (TPSA) is 104 Å². The van der Waals surface area contributed by atoms with Gasteiger partial charge in [0.25, 0.3) is 0 Å². The van der Waals surface area contributed by atoms with Gasteiger partial charge >= 0.3 is 5.97 Å². The highest BCUT2D eigenvalue weighted by Crippen LogP contribution is 2.20. The summed E-state index contributed by atoms with van der Waals surface area (Å²) < 4.78 is 26.5. The summed E-state index contributed by atoms with van der Waals surface area (Å²) >= 11 is 0. The van der Waals surface area contributed by atoms with Gasteiger partial charge in [0.2, 0.25) is 10.0 Å². The molecular weight excluding hydrogens is 294 g/mol. The summed E-state index contributed by atoms with van der Waals surface area (Å²) in [6.07, 6.45) is 0. The molecule has 0 aromatic heterocycles. The number of phenolic OH excluding ortho intramolecular Hbond substituents is 1. The first-order valence-corrected chi connectivity index (χ1v) is 7.47. The van der Waals surface area contributed by atoms with Crippen LogP contribution in [0.2, 0.25) is 0 Å². The molecule has 6 nitrogen and oxygen atoms in total. The van der Waals surface area contributed by atoms with Crippen LogP contribution in [-0.4, -0.2) is 24.6 Å². The van der Waals surface area contributed by atoms with Crippen LogP contribution in [0.5, 0.6) is 5.75 Å². The van der Waals surface area contributed by atoms with E-state index in [0.717, 1.165) is 0 Å². The molecule has 0 amide bonds. The molecule has 1 unspecified atom stereocenters. The molecule has 0 radical (unpaired) electrons. The van der Waals surface area contributed by atoms with Crippen molar-refractivity contribution in [3.8, 4) is 5.75 Å². The summed E-state index contributed by atoms with van der Waals surface area (Å²) in [5.41, 5.74) is 0.222. The van der Waals surface area contributed by atoms with Crippen molar-refractivity contribution >= 4 is 16.0 Å². The Bertz CT molecular complexity index is 726.